The maximum Gasteiger partial charge on any atom is 2.00 e. The van der Waals surface area contributed by atoms with E-state index in [9.17, 15) is 25.2 Å². The molecule has 1 nitrogen and oxygen atoms in total. The Morgan fingerprint density at radius 2 is 1.12 bits per heavy atom. The molecule has 0 unspecified atom stereocenters. The van der Waals surface area contributed by atoms with E-state index in [4.69, 9.17) is 4.74 Å². The van der Waals surface area contributed by atoms with Crippen LogP contribution in [0.15, 0.2) is 30.3 Å². The summed E-state index contributed by atoms with van der Waals surface area (Å²) in [6, 6.07) is 11.2. The predicted molar refractivity (Wildman–Crippen MR) is 95.2 cm³/mol. The monoisotopic (exact) mass is 460 g/mol. The second kappa shape index (κ2) is 10.3. The van der Waals surface area contributed by atoms with Gasteiger partial charge in [-0.15, -0.1) is 0 Å². The minimum absolute atomic E-state index is 0. The first-order valence-corrected chi connectivity index (χ1v) is 13.2. The van der Waals surface area contributed by atoms with Crippen LogP contribution in [0.1, 0.15) is 0 Å². The van der Waals surface area contributed by atoms with Crippen molar-refractivity contribution in [3.05, 3.63) is 62.4 Å². The van der Waals surface area contributed by atoms with E-state index in [-0.39, 0.29) is 17.1 Å². The molecule has 0 atom stereocenters. The molecule has 0 aliphatic heterocycles. The fourth-order valence-corrected chi connectivity index (χ4v) is 2.03. The summed E-state index contributed by atoms with van der Waals surface area (Å²) in [6.07, 6.45) is 10.0. The SMILES string of the molecule is C[Si](C)(C)CCOc1ccccc1.F[P-](F)(F)(F)(F)F.[CH]1[CH][CH][CH][CH]1.[Fe+2]. The fourth-order valence-electron chi connectivity index (χ4n) is 1.31. The summed E-state index contributed by atoms with van der Waals surface area (Å²) in [5, 5.41) is 0. The van der Waals surface area contributed by atoms with Crippen LogP contribution in [-0.2, 0) is 17.1 Å². The smallest absolute Gasteiger partial charge is 0.0312 e. The van der Waals surface area contributed by atoms with E-state index in [1.165, 1.54) is 6.04 Å². The normalized spacial score (nSPS) is 16.5. The van der Waals surface area contributed by atoms with Crippen LogP contribution in [0.4, 0.5) is 25.2 Å². The first-order valence-electron chi connectivity index (χ1n) is 7.44. The Kier molecular flexibility index (Phi) is 11.1. The van der Waals surface area contributed by atoms with E-state index in [0.29, 0.717) is 0 Å². The Morgan fingerprint density at radius 3 is 1.42 bits per heavy atom. The molecule has 1 aliphatic rings. The molecule has 0 saturated heterocycles. The Hall–Kier alpha value is -0.234. The molecule has 26 heavy (non-hydrogen) atoms. The van der Waals surface area contributed by atoms with E-state index in [0.717, 1.165) is 12.4 Å². The maximum absolute atomic E-state index is 10.7. The van der Waals surface area contributed by atoms with Crippen LogP contribution in [0.25, 0.3) is 0 Å². The summed E-state index contributed by atoms with van der Waals surface area (Å²) in [5.41, 5.74) is 0. The van der Waals surface area contributed by atoms with E-state index in [1.54, 1.807) is 0 Å². The molecule has 2 rings (SSSR count). The fraction of sp³-hybridized carbons (Fsp3) is 0.312. The van der Waals surface area contributed by atoms with Crippen molar-refractivity contribution in [2.24, 2.45) is 0 Å². The van der Waals surface area contributed by atoms with Crippen molar-refractivity contribution in [3.63, 3.8) is 0 Å². The summed E-state index contributed by atoms with van der Waals surface area (Å²) in [5.74, 6) is 0.987. The molecule has 0 spiro atoms. The topological polar surface area (TPSA) is 9.23 Å². The third-order valence-corrected chi connectivity index (χ3v) is 4.12. The Morgan fingerprint density at radius 1 is 0.769 bits per heavy atom. The van der Waals surface area contributed by atoms with Crippen molar-refractivity contribution < 1.29 is 47.0 Å². The number of hydrogen-bond acceptors (Lipinski definition) is 1. The number of ether oxygens (including phenoxy) is 1. The molecule has 151 valence electrons. The molecular formula is C16H23F6FeOPSi+. The Labute approximate surface area is 163 Å². The van der Waals surface area contributed by atoms with Crippen molar-refractivity contribution >= 4 is 15.9 Å². The van der Waals surface area contributed by atoms with E-state index < -0.39 is 15.9 Å². The minimum atomic E-state index is -10.7. The van der Waals surface area contributed by atoms with Crippen molar-refractivity contribution in [2.45, 2.75) is 25.7 Å². The number of benzene rings is 1. The van der Waals surface area contributed by atoms with E-state index >= 15 is 0 Å². The molecule has 1 fully saturated rings. The van der Waals surface area contributed by atoms with Gasteiger partial charge in [0.25, 0.3) is 0 Å². The van der Waals surface area contributed by atoms with Gasteiger partial charge in [-0.2, -0.15) is 0 Å². The van der Waals surface area contributed by atoms with Crippen LogP contribution in [-0.4, -0.2) is 14.7 Å². The zero-order valence-corrected chi connectivity index (χ0v) is 17.7. The standard InChI is InChI=1S/C11H18OSi.C5H5.F6P.Fe/c1-13(2,3)10-9-12-11-7-5-4-6-8-11;1-2-4-5-3-1;1-7(2,3,4,5)6;/h4-8H,9-10H2,1-3H3;1-5H;;/q;;-1;+2. The van der Waals surface area contributed by atoms with Gasteiger partial charge in [0.05, 0.1) is 6.61 Å². The summed E-state index contributed by atoms with van der Waals surface area (Å²) in [7, 11) is -11.6. The van der Waals surface area contributed by atoms with Crippen LogP contribution < -0.4 is 4.74 Å². The first kappa shape index (κ1) is 28.0. The van der Waals surface area contributed by atoms with E-state index in [2.05, 4.69) is 19.6 Å². The molecule has 1 saturated carbocycles. The van der Waals surface area contributed by atoms with Gasteiger partial charge < -0.3 is 4.74 Å². The number of halogens is 6. The molecule has 0 N–H and O–H groups in total. The predicted octanol–water partition coefficient (Wildman–Crippen LogP) is 7.80. The van der Waals surface area contributed by atoms with Crippen LogP contribution in [0.3, 0.4) is 0 Å². The van der Waals surface area contributed by atoms with Crippen molar-refractivity contribution in [1.82, 2.24) is 0 Å². The number of hydrogen-bond donors (Lipinski definition) is 0. The molecular weight excluding hydrogens is 437 g/mol. The summed E-state index contributed by atoms with van der Waals surface area (Å²) < 4.78 is 64.8. The van der Waals surface area contributed by atoms with Crippen LogP contribution in [0.2, 0.25) is 25.7 Å². The molecule has 0 heterocycles. The van der Waals surface area contributed by atoms with Crippen LogP contribution in [0.5, 0.6) is 5.75 Å². The van der Waals surface area contributed by atoms with Gasteiger partial charge in [0, 0.05) is 8.07 Å². The number of rotatable bonds is 4. The largest absolute Gasteiger partial charge is 2.00 e. The zero-order valence-electron chi connectivity index (χ0n) is 14.7. The second-order valence-corrected chi connectivity index (χ2v) is 13.9. The summed E-state index contributed by atoms with van der Waals surface area (Å²) in [6.45, 7) is 7.95. The van der Waals surface area contributed by atoms with Crippen molar-refractivity contribution in [2.75, 3.05) is 6.61 Å². The second-order valence-electron chi connectivity index (χ2n) is 6.39. The maximum atomic E-state index is 9.87. The molecule has 1 aromatic rings. The van der Waals surface area contributed by atoms with Gasteiger partial charge in [0.1, 0.15) is 5.75 Å². The molecule has 1 aliphatic carbocycles. The average molecular weight is 460 g/mol. The van der Waals surface area contributed by atoms with Gasteiger partial charge in [-0.1, -0.05) is 37.8 Å². The van der Waals surface area contributed by atoms with Gasteiger partial charge in [-0.05, 0) is 50.3 Å². The van der Waals surface area contributed by atoms with Gasteiger partial charge in [0.2, 0.25) is 0 Å². The van der Waals surface area contributed by atoms with Gasteiger partial charge in [0.15, 0.2) is 0 Å². The van der Waals surface area contributed by atoms with E-state index in [1.807, 2.05) is 62.4 Å². The zero-order chi connectivity index (χ0) is 19.7. The molecule has 10 heteroatoms. The third-order valence-electron chi connectivity index (χ3n) is 2.42. The molecule has 1 aromatic carbocycles. The number of para-hydroxylation sites is 1. The van der Waals surface area contributed by atoms with Crippen molar-refractivity contribution in [3.8, 4) is 5.75 Å². The summed E-state index contributed by atoms with van der Waals surface area (Å²) in [4.78, 5) is 0. The molecule has 0 bridgehead atoms. The minimum Gasteiger partial charge on any atom is -0.0312 e. The molecule has 0 amide bonds. The quantitative estimate of drug-likeness (QED) is 0.253. The van der Waals surface area contributed by atoms with Gasteiger partial charge in [-0.25, -0.2) is 0 Å². The van der Waals surface area contributed by atoms with Gasteiger partial charge in [-0.3, -0.25) is 0 Å². The molecule has 5 radical (unpaired) electrons. The average Bonchev–Trinajstić information content (AvgIpc) is 2.93. The molecule has 0 aromatic heterocycles. The van der Waals surface area contributed by atoms with Crippen LogP contribution in [0, 0.1) is 32.1 Å². The summed E-state index contributed by atoms with van der Waals surface area (Å²) >= 11 is 0. The third kappa shape index (κ3) is 31.5. The Balaban J connectivity index is 0. The van der Waals surface area contributed by atoms with Crippen molar-refractivity contribution in [1.29, 1.82) is 0 Å². The van der Waals surface area contributed by atoms with Crippen LogP contribution >= 0.6 is 7.81 Å². The van der Waals surface area contributed by atoms with Gasteiger partial charge >= 0.3 is 50.1 Å². The Bertz CT molecular complexity index is 467. The first-order chi connectivity index (χ1) is 11.0.